The number of pyridine rings is 2. The van der Waals surface area contributed by atoms with Crippen LogP contribution in [-0.2, 0) is 6.42 Å². The molecule has 4 heteroatoms. The van der Waals surface area contributed by atoms with Gasteiger partial charge in [0, 0.05) is 73.3 Å². The van der Waals surface area contributed by atoms with Crippen molar-refractivity contribution >= 4 is 69.6 Å². The van der Waals surface area contributed by atoms with Crippen molar-refractivity contribution in [3.8, 4) is 22.5 Å². The number of allylic oxidation sites excluding steroid dienone is 1. The lowest BCUT2D eigenvalue weighted by molar-refractivity contribution is -0.746. The van der Waals surface area contributed by atoms with E-state index in [1.54, 1.807) is 0 Å². The molecule has 0 radical (unpaired) electrons. The fourth-order valence-corrected chi connectivity index (χ4v) is 11.8. The summed E-state index contributed by atoms with van der Waals surface area (Å²) in [4.78, 5) is 0. The minimum absolute atomic E-state index is 0.134. The summed E-state index contributed by atoms with van der Waals surface area (Å²) < 4.78 is 10.5. The molecule has 10 aromatic rings. The van der Waals surface area contributed by atoms with Gasteiger partial charge in [0.05, 0.1) is 32.4 Å². The van der Waals surface area contributed by atoms with Gasteiger partial charge in [-0.3, -0.25) is 0 Å². The van der Waals surface area contributed by atoms with Crippen molar-refractivity contribution in [2.45, 2.75) is 44.7 Å². The molecule has 3 nitrogen and oxygen atoms in total. The zero-order chi connectivity index (χ0) is 35.8. The number of rotatable bonds is 5. The molecule has 2 aliphatic heterocycles. The van der Waals surface area contributed by atoms with Crippen LogP contribution in [0.4, 0.5) is 0 Å². The SMILES string of the molecule is C=CCC1C(C2c3ccccc3-c3cccc[n+]32)c2cc3c(cc2-c2cc(CC(C)C)cc[n+]21)c1cccc2c4ccc5c6ccccc6sc5c4n3c12. The van der Waals surface area contributed by atoms with Gasteiger partial charge in [-0.25, -0.2) is 0 Å². The molecule has 5 aromatic carbocycles. The average molecular weight is 714 g/mol. The molecule has 0 bridgehead atoms. The molecular weight excluding hydrogens is 675 g/mol. The molecule has 0 aliphatic carbocycles. The fraction of sp³-hybridized carbons (Fsp3) is 0.160. The summed E-state index contributed by atoms with van der Waals surface area (Å²) >= 11 is 1.93. The van der Waals surface area contributed by atoms with Crippen molar-refractivity contribution in [1.29, 1.82) is 0 Å². The van der Waals surface area contributed by atoms with Crippen LogP contribution in [0.15, 0.2) is 146 Å². The Bertz CT molecular complexity index is 3150. The molecule has 54 heavy (non-hydrogen) atoms. The van der Waals surface area contributed by atoms with Gasteiger partial charge in [0.2, 0.25) is 11.4 Å². The second kappa shape index (κ2) is 11.1. The summed E-state index contributed by atoms with van der Waals surface area (Å²) in [5, 5.41) is 8.02. The Morgan fingerprint density at radius 3 is 2.33 bits per heavy atom. The number of hydrogen-bond donors (Lipinski definition) is 0. The number of thiophene rings is 1. The smallest absolute Gasteiger partial charge is 0.213 e. The van der Waals surface area contributed by atoms with Gasteiger partial charge >= 0.3 is 0 Å². The molecule has 3 unspecified atom stereocenters. The Morgan fingerprint density at radius 2 is 1.44 bits per heavy atom. The molecule has 0 saturated heterocycles. The van der Waals surface area contributed by atoms with Crippen molar-refractivity contribution in [2.75, 3.05) is 0 Å². The third kappa shape index (κ3) is 3.96. The molecule has 0 spiro atoms. The highest BCUT2D eigenvalue weighted by Crippen LogP contribution is 2.53. The van der Waals surface area contributed by atoms with E-state index < -0.39 is 0 Å². The van der Waals surface area contributed by atoms with Gasteiger partial charge in [0.15, 0.2) is 24.5 Å². The van der Waals surface area contributed by atoms with Crippen LogP contribution < -0.4 is 9.13 Å². The van der Waals surface area contributed by atoms with Crippen LogP contribution in [0, 0.1) is 5.92 Å². The first-order valence-corrected chi connectivity index (χ1v) is 20.2. The van der Waals surface area contributed by atoms with E-state index in [-0.39, 0.29) is 18.0 Å². The molecule has 5 aromatic heterocycles. The summed E-state index contributed by atoms with van der Waals surface area (Å²) in [6, 6.07) is 46.7. The summed E-state index contributed by atoms with van der Waals surface area (Å²) in [6.07, 6.45) is 8.77. The number of nitrogens with zero attached hydrogens (tertiary/aromatic N) is 3. The van der Waals surface area contributed by atoms with E-state index in [0.29, 0.717) is 5.92 Å². The molecule has 12 rings (SSSR count). The van der Waals surface area contributed by atoms with Crippen LogP contribution in [0.3, 0.4) is 0 Å². The Kier molecular flexibility index (Phi) is 6.29. The van der Waals surface area contributed by atoms with Crippen LogP contribution in [-0.4, -0.2) is 4.40 Å². The van der Waals surface area contributed by atoms with E-state index in [2.05, 4.69) is 174 Å². The lowest BCUT2D eigenvalue weighted by atomic mass is 9.74. The molecule has 0 saturated carbocycles. The number of hydrogen-bond acceptors (Lipinski definition) is 1. The first-order chi connectivity index (χ1) is 26.6. The van der Waals surface area contributed by atoms with Gasteiger partial charge in [0.1, 0.15) is 5.92 Å². The average Bonchev–Trinajstić information content (AvgIpc) is 3.93. The highest BCUT2D eigenvalue weighted by Gasteiger charge is 2.52. The Labute approximate surface area is 318 Å². The first kappa shape index (κ1) is 30.6. The first-order valence-electron chi connectivity index (χ1n) is 19.4. The molecular formula is C50H39N3S+2. The molecule has 258 valence electrons. The second-order valence-corrected chi connectivity index (χ2v) is 17.1. The summed E-state index contributed by atoms with van der Waals surface area (Å²) in [7, 11) is 0. The van der Waals surface area contributed by atoms with Crippen molar-refractivity contribution in [3.63, 3.8) is 0 Å². The minimum atomic E-state index is 0.134. The molecule has 3 atom stereocenters. The van der Waals surface area contributed by atoms with E-state index in [1.165, 1.54) is 97.5 Å². The van der Waals surface area contributed by atoms with Gasteiger partial charge in [-0.15, -0.1) is 17.9 Å². The van der Waals surface area contributed by atoms with Crippen LogP contribution in [0.2, 0.25) is 0 Å². The maximum absolute atomic E-state index is 4.35. The predicted octanol–water partition coefficient (Wildman–Crippen LogP) is 12.1. The van der Waals surface area contributed by atoms with Crippen LogP contribution in [0.5, 0.6) is 0 Å². The molecule has 0 N–H and O–H groups in total. The lowest BCUT2D eigenvalue weighted by Crippen LogP contribution is -2.53. The normalized spacial score (nSPS) is 17.6. The van der Waals surface area contributed by atoms with E-state index in [0.717, 1.165) is 12.8 Å². The molecule has 0 fully saturated rings. The van der Waals surface area contributed by atoms with Crippen LogP contribution in [0.1, 0.15) is 55.0 Å². The third-order valence-electron chi connectivity index (χ3n) is 12.6. The highest BCUT2D eigenvalue weighted by atomic mass is 32.1. The maximum Gasteiger partial charge on any atom is 0.213 e. The maximum atomic E-state index is 4.35. The topological polar surface area (TPSA) is 12.2 Å². The van der Waals surface area contributed by atoms with Gasteiger partial charge in [0.25, 0.3) is 0 Å². The largest absolute Gasteiger partial charge is 0.307 e. The predicted molar refractivity (Wildman–Crippen MR) is 225 cm³/mol. The summed E-state index contributed by atoms with van der Waals surface area (Å²) in [5.41, 5.74) is 13.5. The molecule has 2 aliphatic rings. The van der Waals surface area contributed by atoms with E-state index in [9.17, 15) is 0 Å². The second-order valence-electron chi connectivity index (χ2n) is 16.0. The van der Waals surface area contributed by atoms with Crippen LogP contribution >= 0.6 is 11.3 Å². The van der Waals surface area contributed by atoms with Crippen molar-refractivity contribution in [2.24, 2.45) is 5.92 Å². The van der Waals surface area contributed by atoms with E-state index >= 15 is 0 Å². The summed E-state index contributed by atoms with van der Waals surface area (Å²) in [6.45, 7) is 9.00. The van der Waals surface area contributed by atoms with Gasteiger partial charge in [-0.1, -0.05) is 86.7 Å². The zero-order valence-corrected chi connectivity index (χ0v) is 31.3. The van der Waals surface area contributed by atoms with Crippen molar-refractivity contribution in [1.82, 2.24) is 4.40 Å². The molecule has 7 heterocycles. The Morgan fingerprint density at radius 1 is 0.667 bits per heavy atom. The quantitative estimate of drug-likeness (QED) is 0.124. The number of benzene rings is 5. The van der Waals surface area contributed by atoms with E-state index in [4.69, 9.17) is 0 Å². The van der Waals surface area contributed by atoms with Crippen molar-refractivity contribution in [3.05, 3.63) is 163 Å². The van der Waals surface area contributed by atoms with Crippen LogP contribution in [0.25, 0.3) is 80.8 Å². The zero-order valence-electron chi connectivity index (χ0n) is 30.5. The standard InChI is InChI=1S/C50H39N3S/c1-4-12-42-46(48-33-15-6-5-13-31(33)41-18-9-10-23-52(41)48)40-28-44-38(27-39(40)43-26-30(25-29(2)3)22-24-51(42)43)35-17-11-16-34-36-20-21-37-32-14-7-8-19-45(32)54-50(37)49(36)53(44)47(34)35/h4-11,13-24,26-29,42,46,48H,1,12,25H2,2-3H3/q+2. The minimum Gasteiger partial charge on any atom is -0.307 e. The Hall–Kier alpha value is -5.84. The summed E-state index contributed by atoms with van der Waals surface area (Å²) in [5.74, 6) is 0.746. The number of para-hydroxylation sites is 1. The third-order valence-corrected chi connectivity index (χ3v) is 13.8. The van der Waals surface area contributed by atoms with Gasteiger partial charge < -0.3 is 4.40 Å². The highest BCUT2D eigenvalue weighted by molar-refractivity contribution is 7.26. The monoisotopic (exact) mass is 713 g/mol. The molecule has 0 amide bonds. The van der Waals surface area contributed by atoms with Gasteiger partial charge in [-0.05, 0) is 53.8 Å². The fourth-order valence-electron chi connectivity index (χ4n) is 10.6. The van der Waals surface area contributed by atoms with Gasteiger partial charge in [-0.2, -0.15) is 9.13 Å². The van der Waals surface area contributed by atoms with E-state index in [1.807, 2.05) is 11.3 Å². The van der Waals surface area contributed by atoms with Crippen molar-refractivity contribution < 1.29 is 9.13 Å². The lowest BCUT2D eigenvalue weighted by Gasteiger charge is -2.32. The number of aromatic nitrogens is 3. The Balaban J connectivity index is 1.23. The number of fused-ring (bicyclic) bond motifs is 16.